The van der Waals surface area contributed by atoms with Gasteiger partial charge in [0.25, 0.3) is 0 Å². The number of methoxy groups -OCH3 is 1. The van der Waals surface area contributed by atoms with E-state index in [0.717, 1.165) is 12.2 Å². The molecule has 0 saturated heterocycles. The van der Waals surface area contributed by atoms with Gasteiger partial charge in [-0.15, -0.1) is 0 Å². The second-order valence-corrected chi connectivity index (χ2v) is 2.39. The molecule has 0 aromatic heterocycles. The molecular formula is C5H12N2O3S. The summed E-state index contributed by atoms with van der Waals surface area (Å²) in [6.07, 6.45) is 0. The van der Waals surface area contributed by atoms with Gasteiger partial charge >= 0.3 is 0 Å². The number of hydroxylamine groups is 1. The van der Waals surface area contributed by atoms with E-state index in [-0.39, 0.29) is 6.04 Å². The monoisotopic (exact) mass is 180 g/mol. The van der Waals surface area contributed by atoms with Crippen LogP contribution in [0.4, 0.5) is 0 Å². The molecule has 0 spiro atoms. The Morgan fingerprint density at radius 3 is 2.64 bits per heavy atom. The topological polar surface area (TPSA) is 63.1 Å². The van der Waals surface area contributed by atoms with Crippen molar-refractivity contribution in [3.8, 4) is 0 Å². The summed E-state index contributed by atoms with van der Waals surface area (Å²) < 4.78 is 13.2. The van der Waals surface area contributed by atoms with Crippen molar-refractivity contribution in [2.75, 3.05) is 14.2 Å². The molecule has 0 aliphatic carbocycles. The molecule has 11 heavy (non-hydrogen) atoms. The first-order chi connectivity index (χ1) is 5.26. The van der Waals surface area contributed by atoms with Crippen molar-refractivity contribution in [3.63, 3.8) is 0 Å². The quantitative estimate of drug-likeness (QED) is 0.218. The first-order valence-electron chi connectivity index (χ1n) is 2.97. The second-order valence-electron chi connectivity index (χ2n) is 1.73. The Balaban J connectivity index is 3.91. The highest BCUT2D eigenvalue weighted by Gasteiger charge is 2.08. The first kappa shape index (κ1) is 10.7. The zero-order valence-corrected chi connectivity index (χ0v) is 7.51. The molecule has 6 heteroatoms. The Morgan fingerprint density at radius 1 is 1.64 bits per heavy atom. The number of nitrogens with zero attached hydrogens (tertiary/aromatic N) is 1. The Bertz CT molecular complexity index is 131. The fourth-order valence-electron chi connectivity index (χ4n) is 0.422. The maximum Gasteiger partial charge on any atom is 0.216 e. The van der Waals surface area contributed by atoms with Crippen LogP contribution in [0, 0.1) is 0 Å². The largest absolute Gasteiger partial charge is 0.482 e. The van der Waals surface area contributed by atoms with Gasteiger partial charge < -0.3 is 9.94 Å². The molecule has 5 nitrogen and oxygen atoms in total. The highest BCUT2D eigenvalue weighted by molar-refractivity contribution is 7.93. The van der Waals surface area contributed by atoms with E-state index in [2.05, 4.69) is 8.58 Å². The first-order valence-corrected chi connectivity index (χ1v) is 3.67. The Morgan fingerprint density at radius 2 is 2.27 bits per heavy atom. The van der Waals surface area contributed by atoms with Gasteiger partial charge in [-0.1, -0.05) is 0 Å². The lowest BCUT2D eigenvalue weighted by atomic mass is 10.4. The molecule has 0 fully saturated rings. The van der Waals surface area contributed by atoms with Gasteiger partial charge in [0.2, 0.25) is 5.90 Å². The maximum atomic E-state index is 8.47. The van der Waals surface area contributed by atoms with Gasteiger partial charge in [0.1, 0.15) is 18.3 Å². The number of hydrogen-bond acceptors (Lipinski definition) is 6. The molecule has 2 N–H and O–H groups in total. The Kier molecular flexibility index (Phi) is 6.24. The molecule has 0 amide bonds. The van der Waals surface area contributed by atoms with Crippen molar-refractivity contribution >= 4 is 18.1 Å². The molecular weight excluding hydrogens is 168 g/mol. The molecule has 0 aliphatic rings. The molecule has 0 heterocycles. The van der Waals surface area contributed by atoms with E-state index in [1.165, 1.54) is 14.2 Å². The highest BCUT2D eigenvalue weighted by Crippen LogP contribution is 2.03. The average Bonchev–Trinajstić information content (AvgIpc) is 2.05. The second kappa shape index (κ2) is 6.41. The van der Waals surface area contributed by atoms with Gasteiger partial charge in [0.05, 0.1) is 14.2 Å². The molecule has 0 aromatic rings. The third kappa shape index (κ3) is 4.20. The Hall–Kier alpha value is -0.300. The fraction of sp³-hybridized carbons (Fsp3) is 0.800. The molecule has 1 atom stereocenters. The predicted molar refractivity (Wildman–Crippen MR) is 43.4 cm³/mol. The lowest BCUT2D eigenvalue weighted by Gasteiger charge is -2.09. The van der Waals surface area contributed by atoms with Gasteiger partial charge in [-0.05, 0) is 6.92 Å². The lowest BCUT2D eigenvalue weighted by molar-refractivity contribution is 0.146. The lowest BCUT2D eigenvalue weighted by Crippen LogP contribution is -2.32. The van der Waals surface area contributed by atoms with Crippen LogP contribution in [0.15, 0.2) is 4.40 Å². The van der Waals surface area contributed by atoms with E-state index >= 15 is 0 Å². The van der Waals surface area contributed by atoms with Crippen LogP contribution in [0.3, 0.4) is 0 Å². The zero-order valence-electron chi connectivity index (χ0n) is 6.70. The van der Waals surface area contributed by atoms with E-state index < -0.39 is 0 Å². The summed E-state index contributed by atoms with van der Waals surface area (Å²) >= 11 is 0.896. The standard InChI is InChI=1S/C5H12N2O3S/c1-4(6-8)5(9-2)7-11-10-3/h4,6,8H,1-3H3. The van der Waals surface area contributed by atoms with Crippen LogP contribution < -0.4 is 5.48 Å². The van der Waals surface area contributed by atoms with E-state index in [1.807, 2.05) is 5.48 Å². The van der Waals surface area contributed by atoms with Gasteiger partial charge in [-0.2, -0.15) is 9.88 Å². The molecule has 1 unspecified atom stereocenters. The van der Waals surface area contributed by atoms with E-state index in [1.54, 1.807) is 6.92 Å². The summed E-state index contributed by atoms with van der Waals surface area (Å²) in [4.78, 5) is 0. The summed E-state index contributed by atoms with van der Waals surface area (Å²) in [5.41, 5.74) is 2.00. The number of ether oxygens (including phenoxy) is 1. The SMILES string of the molecule is COSN=C(OC)C(C)NO. The van der Waals surface area contributed by atoms with Crippen LogP contribution in [0.2, 0.25) is 0 Å². The van der Waals surface area contributed by atoms with Crippen LogP contribution in [0.25, 0.3) is 0 Å². The van der Waals surface area contributed by atoms with Crippen LogP contribution in [-0.4, -0.2) is 31.4 Å². The summed E-state index contributed by atoms with van der Waals surface area (Å²) in [6, 6.07) is -0.331. The van der Waals surface area contributed by atoms with Gasteiger partial charge in [0.15, 0.2) is 0 Å². The molecule has 0 saturated carbocycles. The minimum Gasteiger partial charge on any atom is -0.482 e. The highest BCUT2D eigenvalue weighted by atomic mass is 32.2. The van der Waals surface area contributed by atoms with Crippen molar-refractivity contribution in [1.82, 2.24) is 5.48 Å². The van der Waals surface area contributed by atoms with Crippen molar-refractivity contribution in [3.05, 3.63) is 0 Å². The molecule has 66 valence electrons. The van der Waals surface area contributed by atoms with Crippen LogP contribution >= 0.6 is 12.2 Å². The maximum absolute atomic E-state index is 8.47. The van der Waals surface area contributed by atoms with E-state index in [4.69, 9.17) is 9.94 Å². The van der Waals surface area contributed by atoms with Gasteiger partial charge in [0, 0.05) is 0 Å². The smallest absolute Gasteiger partial charge is 0.216 e. The van der Waals surface area contributed by atoms with E-state index in [9.17, 15) is 0 Å². The minimum absolute atomic E-state index is 0.331. The fourth-order valence-corrected chi connectivity index (χ4v) is 0.803. The number of rotatable bonds is 4. The summed E-state index contributed by atoms with van der Waals surface area (Å²) in [5, 5.41) is 8.47. The zero-order chi connectivity index (χ0) is 8.69. The third-order valence-electron chi connectivity index (χ3n) is 0.975. The van der Waals surface area contributed by atoms with Crippen molar-refractivity contribution in [2.24, 2.45) is 4.40 Å². The molecule has 0 aromatic carbocycles. The molecule has 0 radical (unpaired) electrons. The van der Waals surface area contributed by atoms with Gasteiger partial charge in [-0.25, -0.2) is 0 Å². The normalized spacial score (nSPS) is 14.7. The number of hydrogen-bond donors (Lipinski definition) is 2. The molecule has 0 rings (SSSR count). The Labute approximate surface area is 70.1 Å². The average molecular weight is 180 g/mol. The summed E-state index contributed by atoms with van der Waals surface area (Å²) in [7, 11) is 2.97. The van der Waals surface area contributed by atoms with Crippen molar-refractivity contribution in [1.29, 1.82) is 0 Å². The van der Waals surface area contributed by atoms with E-state index in [0.29, 0.717) is 5.90 Å². The van der Waals surface area contributed by atoms with Crippen LogP contribution in [0.1, 0.15) is 6.92 Å². The third-order valence-corrected chi connectivity index (χ3v) is 1.38. The number of nitrogens with one attached hydrogen (secondary N) is 1. The van der Waals surface area contributed by atoms with Crippen LogP contribution in [0.5, 0.6) is 0 Å². The van der Waals surface area contributed by atoms with Gasteiger partial charge in [-0.3, -0.25) is 4.18 Å². The predicted octanol–water partition coefficient (Wildman–Crippen LogP) is 0.608. The minimum atomic E-state index is -0.331. The molecule has 0 aliphatic heterocycles. The summed E-state index contributed by atoms with van der Waals surface area (Å²) in [6.45, 7) is 1.71. The van der Waals surface area contributed by atoms with Crippen molar-refractivity contribution < 1.29 is 14.1 Å². The van der Waals surface area contributed by atoms with Crippen molar-refractivity contribution in [2.45, 2.75) is 13.0 Å². The molecule has 0 bridgehead atoms. The summed E-state index contributed by atoms with van der Waals surface area (Å²) in [5.74, 6) is 0.374. The van der Waals surface area contributed by atoms with Crippen LogP contribution in [-0.2, 0) is 8.92 Å².